The third-order valence-corrected chi connectivity index (χ3v) is 4.28. The van der Waals surface area contributed by atoms with Gasteiger partial charge >= 0.3 is 0 Å². The van der Waals surface area contributed by atoms with E-state index >= 15 is 0 Å². The molecule has 0 aromatic heterocycles. The fourth-order valence-electron chi connectivity index (χ4n) is 2.72. The Morgan fingerprint density at radius 2 is 2.24 bits per heavy atom. The Morgan fingerprint density at radius 1 is 1.47 bits per heavy atom. The molecule has 2 rings (SSSR count). The van der Waals surface area contributed by atoms with Crippen LogP contribution >= 0.6 is 11.6 Å². The maximum Gasteiger partial charge on any atom is 0.127 e. The number of hydrogen-bond acceptors (Lipinski definition) is 1. The van der Waals surface area contributed by atoms with Gasteiger partial charge in [-0.1, -0.05) is 37.4 Å². The van der Waals surface area contributed by atoms with E-state index in [-0.39, 0.29) is 11.4 Å². The molecule has 2 unspecified atom stereocenters. The number of nitrogens with two attached hydrogens (primary N) is 1. The van der Waals surface area contributed by atoms with Gasteiger partial charge in [0.2, 0.25) is 0 Å². The van der Waals surface area contributed by atoms with Crippen LogP contribution < -0.4 is 5.73 Å². The molecule has 94 valence electrons. The molecule has 1 fully saturated rings. The van der Waals surface area contributed by atoms with Gasteiger partial charge in [0.1, 0.15) is 5.82 Å². The number of rotatable bonds is 2. The first-order valence-corrected chi connectivity index (χ1v) is 6.62. The average molecular weight is 256 g/mol. The second-order valence-corrected chi connectivity index (χ2v) is 5.73. The zero-order valence-corrected chi connectivity index (χ0v) is 10.9. The minimum absolute atomic E-state index is 0.236. The van der Waals surface area contributed by atoms with Gasteiger partial charge in [-0.05, 0) is 42.9 Å². The van der Waals surface area contributed by atoms with E-state index in [2.05, 4.69) is 6.92 Å². The molecule has 0 bridgehead atoms. The Bertz CT molecular complexity index is 407. The standard InChI is InChI=1S/C14H19ClFN/c1-10-4-2-3-7-14(10,17)9-11-5-6-12(15)8-13(11)16/h5-6,8,10H,2-4,7,9,17H2,1H3. The van der Waals surface area contributed by atoms with Crippen LogP contribution in [-0.2, 0) is 6.42 Å². The second-order valence-electron chi connectivity index (χ2n) is 5.29. The van der Waals surface area contributed by atoms with Crippen LogP contribution in [0.3, 0.4) is 0 Å². The van der Waals surface area contributed by atoms with E-state index in [1.807, 2.05) is 0 Å². The molecule has 0 aliphatic heterocycles. The molecule has 0 radical (unpaired) electrons. The van der Waals surface area contributed by atoms with Crippen LogP contribution in [-0.4, -0.2) is 5.54 Å². The minimum Gasteiger partial charge on any atom is -0.325 e. The van der Waals surface area contributed by atoms with Crippen molar-refractivity contribution in [3.63, 3.8) is 0 Å². The zero-order valence-electron chi connectivity index (χ0n) is 10.2. The van der Waals surface area contributed by atoms with Gasteiger partial charge in [-0.2, -0.15) is 0 Å². The Balaban J connectivity index is 2.19. The summed E-state index contributed by atoms with van der Waals surface area (Å²) in [5.41, 5.74) is 6.87. The highest BCUT2D eigenvalue weighted by Gasteiger charge is 2.34. The van der Waals surface area contributed by atoms with Crippen LogP contribution in [0.4, 0.5) is 4.39 Å². The molecule has 0 spiro atoms. The van der Waals surface area contributed by atoms with Gasteiger partial charge in [0.05, 0.1) is 0 Å². The van der Waals surface area contributed by atoms with Crippen LogP contribution in [0.25, 0.3) is 0 Å². The maximum atomic E-state index is 13.8. The lowest BCUT2D eigenvalue weighted by molar-refractivity contribution is 0.202. The molecule has 1 aromatic carbocycles. The van der Waals surface area contributed by atoms with E-state index in [0.29, 0.717) is 22.9 Å². The van der Waals surface area contributed by atoms with Crippen LogP contribution in [0.2, 0.25) is 5.02 Å². The minimum atomic E-state index is -0.257. The van der Waals surface area contributed by atoms with Crippen molar-refractivity contribution in [1.82, 2.24) is 0 Å². The summed E-state index contributed by atoms with van der Waals surface area (Å²) in [7, 11) is 0. The van der Waals surface area contributed by atoms with Crippen molar-refractivity contribution in [3.05, 3.63) is 34.6 Å². The Labute approximate surface area is 107 Å². The van der Waals surface area contributed by atoms with Crippen molar-refractivity contribution in [2.75, 3.05) is 0 Å². The Kier molecular flexibility index (Phi) is 3.74. The normalized spacial score (nSPS) is 29.3. The molecule has 0 saturated heterocycles. The Morgan fingerprint density at radius 3 is 2.88 bits per heavy atom. The summed E-state index contributed by atoms with van der Waals surface area (Å²) in [5, 5.41) is 0.439. The second kappa shape index (κ2) is 4.95. The van der Waals surface area contributed by atoms with E-state index in [1.165, 1.54) is 12.5 Å². The van der Waals surface area contributed by atoms with Gasteiger partial charge < -0.3 is 5.73 Å². The number of benzene rings is 1. The van der Waals surface area contributed by atoms with Gasteiger partial charge in [0.15, 0.2) is 0 Å². The van der Waals surface area contributed by atoms with Crippen molar-refractivity contribution in [2.45, 2.75) is 44.6 Å². The smallest absolute Gasteiger partial charge is 0.127 e. The van der Waals surface area contributed by atoms with E-state index in [4.69, 9.17) is 17.3 Å². The summed E-state index contributed by atoms with van der Waals surface area (Å²) in [4.78, 5) is 0. The molecular weight excluding hydrogens is 237 g/mol. The highest BCUT2D eigenvalue weighted by molar-refractivity contribution is 6.30. The van der Waals surface area contributed by atoms with Crippen molar-refractivity contribution in [3.8, 4) is 0 Å². The summed E-state index contributed by atoms with van der Waals surface area (Å²) < 4.78 is 13.8. The molecule has 2 N–H and O–H groups in total. The highest BCUT2D eigenvalue weighted by atomic mass is 35.5. The molecule has 17 heavy (non-hydrogen) atoms. The quantitative estimate of drug-likeness (QED) is 0.851. The van der Waals surface area contributed by atoms with Gasteiger partial charge in [-0.25, -0.2) is 4.39 Å². The van der Waals surface area contributed by atoms with Crippen molar-refractivity contribution in [2.24, 2.45) is 11.7 Å². The van der Waals surface area contributed by atoms with Gasteiger partial charge in [-0.15, -0.1) is 0 Å². The van der Waals surface area contributed by atoms with Gasteiger partial charge in [0, 0.05) is 10.6 Å². The monoisotopic (exact) mass is 255 g/mol. The first-order valence-electron chi connectivity index (χ1n) is 6.24. The van der Waals surface area contributed by atoms with Crippen LogP contribution in [0.5, 0.6) is 0 Å². The maximum absolute atomic E-state index is 13.8. The lowest BCUT2D eigenvalue weighted by atomic mass is 9.71. The molecular formula is C14H19ClFN. The molecule has 1 aliphatic rings. The SMILES string of the molecule is CC1CCCCC1(N)Cc1ccc(Cl)cc1F. The molecule has 0 heterocycles. The van der Waals surface area contributed by atoms with Crippen LogP contribution in [0, 0.1) is 11.7 Å². The van der Waals surface area contributed by atoms with E-state index in [9.17, 15) is 4.39 Å². The molecule has 0 amide bonds. The summed E-state index contributed by atoms with van der Waals surface area (Å²) in [5.74, 6) is 0.214. The third-order valence-electron chi connectivity index (χ3n) is 4.05. The predicted octanol–water partition coefficient (Wildman–Crippen LogP) is 3.93. The average Bonchev–Trinajstić information content (AvgIpc) is 2.27. The van der Waals surface area contributed by atoms with Crippen LogP contribution in [0.15, 0.2) is 18.2 Å². The number of hydrogen-bond donors (Lipinski definition) is 1. The Hall–Kier alpha value is -0.600. The molecule has 1 saturated carbocycles. The lowest BCUT2D eigenvalue weighted by Crippen LogP contribution is -2.50. The summed E-state index contributed by atoms with van der Waals surface area (Å²) in [6.07, 6.45) is 5.12. The lowest BCUT2D eigenvalue weighted by Gasteiger charge is -2.39. The first kappa shape index (κ1) is 12.8. The topological polar surface area (TPSA) is 26.0 Å². The van der Waals surface area contributed by atoms with Crippen LogP contribution in [0.1, 0.15) is 38.2 Å². The first-order chi connectivity index (χ1) is 8.01. The molecule has 1 aromatic rings. The summed E-state index contributed by atoms with van der Waals surface area (Å²) >= 11 is 5.75. The molecule has 2 atom stereocenters. The predicted molar refractivity (Wildman–Crippen MR) is 69.7 cm³/mol. The molecule has 1 aliphatic carbocycles. The zero-order chi connectivity index (χ0) is 12.5. The van der Waals surface area contributed by atoms with Crippen molar-refractivity contribution < 1.29 is 4.39 Å². The van der Waals surface area contributed by atoms with Crippen molar-refractivity contribution >= 4 is 11.6 Å². The third kappa shape index (κ3) is 2.80. The summed E-state index contributed by atoms with van der Waals surface area (Å²) in [6, 6.07) is 4.86. The van der Waals surface area contributed by atoms with E-state index < -0.39 is 0 Å². The summed E-state index contributed by atoms with van der Waals surface area (Å²) in [6.45, 7) is 2.17. The van der Waals surface area contributed by atoms with E-state index in [1.54, 1.807) is 12.1 Å². The molecule has 3 heteroatoms. The van der Waals surface area contributed by atoms with Gasteiger partial charge in [0.25, 0.3) is 0 Å². The van der Waals surface area contributed by atoms with Gasteiger partial charge in [-0.3, -0.25) is 0 Å². The fraction of sp³-hybridized carbons (Fsp3) is 0.571. The van der Waals surface area contributed by atoms with E-state index in [0.717, 1.165) is 19.3 Å². The number of halogens is 2. The largest absolute Gasteiger partial charge is 0.325 e. The fourth-order valence-corrected chi connectivity index (χ4v) is 2.88. The molecule has 1 nitrogen and oxygen atoms in total. The van der Waals surface area contributed by atoms with Crippen molar-refractivity contribution in [1.29, 1.82) is 0 Å². The highest BCUT2D eigenvalue weighted by Crippen LogP contribution is 2.34.